The first-order chi connectivity index (χ1) is 9.54. The summed E-state index contributed by atoms with van der Waals surface area (Å²) in [5.74, 6) is 0. The van der Waals surface area contributed by atoms with Crippen LogP contribution in [0.25, 0.3) is 5.57 Å². The second-order valence-corrected chi connectivity index (χ2v) is 6.88. The van der Waals surface area contributed by atoms with Crippen LogP contribution in [0.1, 0.15) is 5.56 Å². The molecule has 0 bridgehead atoms. The zero-order valence-electron chi connectivity index (χ0n) is 12.7. The van der Waals surface area contributed by atoms with Crippen LogP contribution in [0.4, 0.5) is 25.2 Å². The van der Waals surface area contributed by atoms with Crippen molar-refractivity contribution >= 4 is 19.6 Å². The van der Waals surface area contributed by atoms with E-state index in [1.807, 2.05) is 34.3 Å². The quantitative estimate of drug-likeness (QED) is 0.310. The third-order valence-electron chi connectivity index (χ3n) is 1.90. The molecule has 0 unspecified atom stereocenters. The fourth-order valence-corrected chi connectivity index (χ4v) is 1.37. The van der Waals surface area contributed by atoms with Crippen LogP contribution in [0, 0.1) is 0 Å². The molecule has 0 N–H and O–H groups in total. The predicted molar refractivity (Wildman–Crippen MR) is 79.8 cm³/mol. The second kappa shape index (κ2) is 6.28. The molecule has 1 aromatic rings. The van der Waals surface area contributed by atoms with Gasteiger partial charge in [0.2, 0.25) is 0 Å². The summed E-state index contributed by atoms with van der Waals surface area (Å²) in [6.07, 6.45) is 4.24. The molecule has 0 aliphatic heterocycles. The van der Waals surface area contributed by atoms with Crippen molar-refractivity contribution in [3.05, 3.63) is 42.1 Å². The summed E-state index contributed by atoms with van der Waals surface area (Å²) in [5.41, 5.74) is 2.45. The van der Waals surface area contributed by atoms with Crippen LogP contribution in [-0.4, -0.2) is 43.9 Å². The first kappa shape index (κ1) is 20.4. The van der Waals surface area contributed by atoms with Gasteiger partial charge in [0.1, 0.15) is 14.1 Å². The van der Waals surface area contributed by atoms with Gasteiger partial charge in [-0.2, -0.15) is 0 Å². The second-order valence-electron chi connectivity index (χ2n) is 4.97. The molecule has 0 spiro atoms. The van der Waals surface area contributed by atoms with E-state index in [4.69, 9.17) is 0 Å². The van der Waals surface area contributed by atoms with Gasteiger partial charge in [0.05, 0.1) is 5.57 Å². The van der Waals surface area contributed by atoms with E-state index in [1.54, 1.807) is 0 Å². The summed E-state index contributed by atoms with van der Waals surface area (Å²) in [6, 6.07) is 10.4. The van der Waals surface area contributed by atoms with Gasteiger partial charge in [0.25, 0.3) is 0 Å². The zero-order valence-corrected chi connectivity index (χ0v) is 13.5. The van der Waals surface area contributed by atoms with Gasteiger partial charge in [0.15, 0.2) is 6.21 Å². The summed E-state index contributed by atoms with van der Waals surface area (Å²) < 4.78 is 61.3. The number of rotatable bonds is 3. The molecule has 0 amide bonds. The number of allylic oxidation sites excluding steroid dienone is 1. The van der Waals surface area contributed by atoms with E-state index in [1.165, 1.54) is 11.1 Å². The fraction of sp³-hybridized carbons (Fsp3) is 0.308. The Balaban J connectivity index is 0.000000534. The number of halogens is 6. The van der Waals surface area contributed by atoms with E-state index in [2.05, 4.69) is 46.2 Å². The Kier molecular flexibility index (Phi) is 5.84. The third kappa shape index (κ3) is 16.5. The van der Waals surface area contributed by atoms with E-state index in [0.717, 1.165) is 0 Å². The molecule has 22 heavy (non-hydrogen) atoms. The van der Waals surface area contributed by atoms with Crippen molar-refractivity contribution in [2.24, 2.45) is 0 Å². The van der Waals surface area contributed by atoms with Crippen molar-refractivity contribution in [3.63, 3.8) is 0 Å². The van der Waals surface area contributed by atoms with E-state index < -0.39 is 7.81 Å². The number of hydrogen-bond donors (Lipinski definition) is 0. The van der Waals surface area contributed by atoms with Crippen LogP contribution in [0.5, 0.6) is 0 Å². The third-order valence-corrected chi connectivity index (χ3v) is 1.90. The Bertz CT molecular complexity index is 531. The predicted octanol–water partition coefficient (Wildman–Crippen LogP) is 5.31. The number of benzene rings is 1. The molecular formula is C13H19F6N2P. The van der Waals surface area contributed by atoms with Crippen molar-refractivity contribution < 1.29 is 29.8 Å². The van der Waals surface area contributed by atoms with Gasteiger partial charge >= 0.3 is 33.0 Å². The van der Waals surface area contributed by atoms with Crippen molar-refractivity contribution in [3.8, 4) is 0 Å². The molecule has 0 aliphatic rings. The SMILES string of the molecule is CN(C)/C=C(/C=[N+](C)C)c1ccccc1.F[P-](F)(F)(F)(F)F. The van der Waals surface area contributed by atoms with Crippen molar-refractivity contribution in [1.82, 2.24) is 4.90 Å². The van der Waals surface area contributed by atoms with Crippen LogP contribution in [0.15, 0.2) is 36.5 Å². The molecule has 2 nitrogen and oxygen atoms in total. The molecule has 0 atom stereocenters. The summed E-state index contributed by atoms with van der Waals surface area (Å²) in [5, 5.41) is 0. The van der Waals surface area contributed by atoms with Gasteiger partial charge in [-0.1, -0.05) is 30.3 Å². The minimum atomic E-state index is -10.7. The van der Waals surface area contributed by atoms with Crippen molar-refractivity contribution in [1.29, 1.82) is 0 Å². The van der Waals surface area contributed by atoms with Crippen LogP contribution in [0.2, 0.25) is 0 Å². The first-order valence-corrected chi connectivity index (χ1v) is 8.09. The molecule has 9 heteroatoms. The Morgan fingerprint density at radius 1 is 0.955 bits per heavy atom. The summed E-state index contributed by atoms with van der Waals surface area (Å²) >= 11 is 0. The van der Waals surface area contributed by atoms with Crippen LogP contribution >= 0.6 is 7.81 Å². The molecule has 1 aromatic carbocycles. The molecule has 0 heterocycles. The molecule has 0 aromatic heterocycles. The molecule has 1 rings (SSSR count). The molecule has 0 saturated heterocycles. The van der Waals surface area contributed by atoms with Crippen molar-refractivity contribution in [2.45, 2.75) is 0 Å². The molecule has 0 aliphatic carbocycles. The summed E-state index contributed by atoms with van der Waals surface area (Å²) in [4.78, 5) is 2.06. The van der Waals surface area contributed by atoms with Gasteiger partial charge in [-0.15, -0.1) is 0 Å². The van der Waals surface area contributed by atoms with E-state index in [9.17, 15) is 25.2 Å². The maximum absolute atomic E-state index is 10.7. The van der Waals surface area contributed by atoms with Gasteiger partial charge in [-0.25, -0.2) is 4.58 Å². The van der Waals surface area contributed by atoms with Crippen molar-refractivity contribution in [2.75, 3.05) is 28.2 Å². The van der Waals surface area contributed by atoms with Gasteiger partial charge in [-0.3, -0.25) is 0 Å². The van der Waals surface area contributed by atoms with Gasteiger partial charge in [-0.05, 0) is 5.56 Å². The van der Waals surface area contributed by atoms with Gasteiger partial charge < -0.3 is 4.90 Å². The van der Waals surface area contributed by atoms with E-state index in [-0.39, 0.29) is 0 Å². The minimum absolute atomic E-state index is 1.21. The van der Waals surface area contributed by atoms with Crippen LogP contribution < -0.4 is 0 Å². The van der Waals surface area contributed by atoms with Crippen LogP contribution in [-0.2, 0) is 0 Å². The standard InChI is InChI=1S/C13H19N2.F6P/c1-14(2)10-13(11-15(3)4)12-8-6-5-7-9-12;1-7(2,3,4,5)6/h5-11H,1-4H3;/q+1;-1. The van der Waals surface area contributed by atoms with E-state index in [0.29, 0.717) is 0 Å². The first-order valence-electron chi connectivity index (χ1n) is 6.06. The summed E-state index contributed by atoms with van der Waals surface area (Å²) in [7, 11) is -2.52. The molecule has 0 fully saturated rings. The normalized spacial score (nSPS) is 14.9. The van der Waals surface area contributed by atoms with E-state index >= 15 is 0 Å². The summed E-state index contributed by atoms with van der Waals surface area (Å²) in [6.45, 7) is 0. The average molecular weight is 348 g/mol. The number of hydrogen-bond acceptors (Lipinski definition) is 1. The topological polar surface area (TPSA) is 6.25 Å². The Morgan fingerprint density at radius 2 is 1.36 bits per heavy atom. The Labute approximate surface area is 125 Å². The molecule has 128 valence electrons. The molecule has 0 saturated carbocycles. The maximum atomic E-state index is 9.87. The monoisotopic (exact) mass is 348 g/mol. The molecular weight excluding hydrogens is 329 g/mol. The molecule has 0 radical (unpaired) electrons. The Morgan fingerprint density at radius 3 is 1.68 bits per heavy atom. The van der Waals surface area contributed by atoms with Gasteiger partial charge in [0, 0.05) is 20.3 Å². The zero-order chi connectivity index (χ0) is 17.7. The average Bonchev–Trinajstić information content (AvgIpc) is 2.24. The fourth-order valence-electron chi connectivity index (χ4n) is 1.37. The van der Waals surface area contributed by atoms with Crippen LogP contribution in [0.3, 0.4) is 0 Å². The number of nitrogens with zero attached hydrogens (tertiary/aromatic N) is 2. The Hall–Kier alpha value is -1.56.